The molecule has 294 valence electrons. The van der Waals surface area contributed by atoms with Gasteiger partial charge in [-0.1, -0.05) is 66.7 Å². The van der Waals surface area contributed by atoms with Gasteiger partial charge in [0.15, 0.2) is 0 Å². The zero-order valence-corrected chi connectivity index (χ0v) is 34.3. The van der Waals surface area contributed by atoms with E-state index in [-0.39, 0.29) is 31.9 Å². The average molecular weight is 824 g/mol. The van der Waals surface area contributed by atoms with E-state index in [0.29, 0.717) is 49.3 Å². The molecule has 0 saturated heterocycles. The number of carbonyl (C=O) groups excluding carboxylic acids is 1. The maximum absolute atomic E-state index is 11.1. The van der Waals surface area contributed by atoms with Crippen molar-refractivity contribution in [3.8, 4) is 0 Å². The van der Waals surface area contributed by atoms with Crippen LogP contribution in [-0.2, 0) is 23.9 Å². The van der Waals surface area contributed by atoms with Gasteiger partial charge in [0.1, 0.15) is 18.5 Å². The first-order valence-corrected chi connectivity index (χ1v) is 20.2. The van der Waals surface area contributed by atoms with E-state index >= 15 is 0 Å². The van der Waals surface area contributed by atoms with Crippen LogP contribution in [0.5, 0.6) is 0 Å². The lowest BCUT2D eigenvalue weighted by atomic mass is 8.81. The van der Waals surface area contributed by atoms with Crippen LogP contribution in [0.15, 0.2) is 36.5 Å². The lowest BCUT2D eigenvalue weighted by Crippen LogP contribution is -2.38. The van der Waals surface area contributed by atoms with E-state index in [1.54, 1.807) is 0 Å². The summed E-state index contributed by atoms with van der Waals surface area (Å²) in [6.45, 7) is 7.05. The number of aliphatic hydroxyl groups is 1. The van der Waals surface area contributed by atoms with Crippen LogP contribution in [0, 0.1) is 53.3 Å². The van der Waals surface area contributed by atoms with E-state index in [0.717, 1.165) is 36.8 Å². The van der Waals surface area contributed by atoms with Gasteiger partial charge >= 0.3 is 11.9 Å². The number of likely N-dealkylation sites (N-methyl/N-ethyl adjacent to an activating group) is 1. The van der Waals surface area contributed by atoms with E-state index in [2.05, 4.69) is 80.9 Å². The minimum Gasteiger partial charge on any atom is -0.481 e. The standard InChI is InChI=1S/C12H19NO2.C10H14O3.C8H12O.C2H3BrO2.C2H7N.CH4.B6.B4/c1-2-13-12(14)8-15-7-11-6-9-3-4-10(11)5-9;11-10(12)6-13-5-9-4-7-1-2-8(9)3-7;9-5-8-4-6-1-2-7(8)3-6;3-1-2(4)5;1-2-3;;1-5(2)6(3)4;1-4(2)3/h3-4,9-11H,2,5-8H2,1H3,(H,13,14);1-2,7-9H,3-6H2,(H,11,12);1-2,6-9H,3-5H2;1H2,(H,4,5);2-3H2,1H3;1H4;;. The number of rotatable bonds is 12. The van der Waals surface area contributed by atoms with E-state index in [1.807, 2.05) is 13.8 Å². The van der Waals surface area contributed by atoms with Gasteiger partial charge in [-0.05, 0) is 105 Å². The summed E-state index contributed by atoms with van der Waals surface area (Å²) in [5.74, 6) is 4.52. The summed E-state index contributed by atoms with van der Waals surface area (Å²) in [4.78, 5) is 30.6. The van der Waals surface area contributed by atoms with Gasteiger partial charge in [0, 0.05) is 86.5 Å². The molecule has 10 nitrogen and oxygen atoms in total. The Morgan fingerprint density at radius 1 is 0.696 bits per heavy atom. The monoisotopic (exact) mass is 824 g/mol. The van der Waals surface area contributed by atoms with Crippen molar-refractivity contribution in [2.24, 2.45) is 59.0 Å². The predicted octanol–water partition coefficient (Wildman–Crippen LogP) is 1.10. The molecule has 0 aromatic heterocycles. The van der Waals surface area contributed by atoms with Gasteiger partial charge in [0.25, 0.3) is 0 Å². The van der Waals surface area contributed by atoms with Crippen molar-refractivity contribution in [3.63, 3.8) is 0 Å². The molecule has 9 unspecified atom stereocenters. The minimum atomic E-state index is -0.876. The number of carboxylic acid groups (broad SMARTS) is 2. The molecule has 3 fully saturated rings. The molecule has 56 heavy (non-hydrogen) atoms. The van der Waals surface area contributed by atoms with Crippen molar-refractivity contribution in [2.45, 2.75) is 59.8 Å². The molecule has 14 radical (unpaired) electrons. The van der Waals surface area contributed by atoms with Crippen LogP contribution in [0.1, 0.15) is 59.8 Å². The smallest absolute Gasteiger partial charge is 0.329 e. The maximum Gasteiger partial charge on any atom is 0.329 e. The Kier molecular flexibility index (Phi) is 33.8. The van der Waals surface area contributed by atoms with Crippen molar-refractivity contribution < 1.29 is 39.2 Å². The number of alkyl halides is 1. The lowest BCUT2D eigenvalue weighted by molar-refractivity contribution is -0.142. The average Bonchev–Trinajstić information content (AvgIpc) is 3.99. The van der Waals surface area contributed by atoms with Crippen LogP contribution >= 0.6 is 15.9 Å². The maximum atomic E-state index is 11.1. The quantitative estimate of drug-likeness (QED) is 0.110. The molecule has 6 rings (SSSR count). The van der Waals surface area contributed by atoms with E-state index in [1.165, 1.54) is 38.5 Å². The first-order chi connectivity index (χ1) is 26.0. The van der Waals surface area contributed by atoms with Crippen molar-refractivity contribution in [1.29, 1.82) is 0 Å². The Balaban J connectivity index is 0. The van der Waals surface area contributed by atoms with Crippen LogP contribution in [0.2, 0.25) is 0 Å². The topological polar surface area (TPSA) is 168 Å². The van der Waals surface area contributed by atoms with Gasteiger partial charge in [0.05, 0.1) is 13.2 Å². The first-order valence-electron chi connectivity index (χ1n) is 19.1. The van der Waals surface area contributed by atoms with Crippen LogP contribution in [-0.4, -0.2) is 158 Å². The number of carbonyl (C=O) groups is 3. The van der Waals surface area contributed by atoms with Gasteiger partial charge in [-0.2, -0.15) is 0 Å². The van der Waals surface area contributed by atoms with Crippen molar-refractivity contribution >= 4 is 107 Å². The number of carboxylic acids is 2. The third kappa shape index (κ3) is 26.6. The molecule has 0 aromatic carbocycles. The number of hydrogen-bond donors (Lipinski definition) is 5. The second-order valence-corrected chi connectivity index (χ2v) is 14.9. The highest BCUT2D eigenvalue weighted by atomic mass is 79.9. The Hall–Kier alpha value is -1.40. The molecule has 0 aromatic rings. The number of amides is 1. The van der Waals surface area contributed by atoms with E-state index in [9.17, 15) is 14.4 Å². The molecule has 6 aliphatic carbocycles. The number of ether oxygens (including phenoxy) is 2. The molecule has 9 atom stereocenters. The zero-order chi connectivity index (χ0) is 41.9. The molecule has 6 bridgehead atoms. The van der Waals surface area contributed by atoms with Gasteiger partial charge in [-0.3, -0.25) is 9.59 Å². The summed E-state index contributed by atoms with van der Waals surface area (Å²) >= 11 is 2.71. The summed E-state index contributed by atoms with van der Waals surface area (Å²) in [5, 5.41) is 27.7. The summed E-state index contributed by atoms with van der Waals surface area (Å²) in [7, 11) is 33.9. The number of allylic oxidation sites excluding steroid dienone is 6. The van der Waals surface area contributed by atoms with Gasteiger partial charge in [-0.25, -0.2) is 4.79 Å². The summed E-state index contributed by atoms with van der Waals surface area (Å²) < 4.78 is 10.5. The number of nitrogens with two attached hydrogens (primary N) is 1. The van der Waals surface area contributed by atoms with Crippen LogP contribution in [0.3, 0.4) is 0 Å². The second kappa shape index (κ2) is 33.4. The van der Waals surface area contributed by atoms with Gasteiger partial charge in [0.2, 0.25) is 5.91 Å². The van der Waals surface area contributed by atoms with Gasteiger partial charge in [-0.15, -0.1) is 0 Å². The number of nitrogens with one attached hydrogen (secondary N) is 1. The van der Waals surface area contributed by atoms with Crippen LogP contribution in [0.25, 0.3) is 0 Å². The molecule has 0 heterocycles. The Morgan fingerprint density at radius 2 is 1.04 bits per heavy atom. The molecule has 6 aliphatic rings. The third-order valence-electron chi connectivity index (χ3n) is 9.54. The number of aliphatic hydroxyl groups excluding tert-OH is 1. The molecule has 21 heteroatoms. The number of aliphatic carboxylic acids is 2. The molecular weight excluding hydrogens is 764 g/mol. The van der Waals surface area contributed by atoms with Gasteiger partial charge < -0.3 is 35.8 Å². The SMILES string of the molecule is C.CCN.CCNC(=O)COCC1CC2C=CC1C2.O=C(O)CBr.O=C(O)COCC1CC2C=CC1C2.OCC1CC2C=CC1C2.[B]B([B])B([B])[B].[B]B([B])[B]. The normalized spacial score (nSPS) is 26.6. The first kappa shape index (κ1) is 56.7. The summed E-state index contributed by atoms with van der Waals surface area (Å²) in [5.41, 5.74) is 4.85. The van der Waals surface area contributed by atoms with Crippen molar-refractivity contribution in [1.82, 2.24) is 5.32 Å². The molecular formula is C35H59B10BrN2O8. The molecule has 0 spiro atoms. The summed E-state index contributed by atoms with van der Waals surface area (Å²) in [6.07, 6.45) is 19.4. The molecule has 0 aliphatic heterocycles. The largest absolute Gasteiger partial charge is 0.481 e. The lowest BCUT2D eigenvalue weighted by Gasteiger charge is -2.17. The van der Waals surface area contributed by atoms with Crippen LogP contribution in [0.4, 0.5) is 0 Å². The predicted molar refractivity (Wildman–Crippen MR) is 242 cm³/mol. The highest BCUT2D eigenvalue weighted by molar-refractivity contribution is 9.09. The minimum absolute atomic E-state index is 0. The van der Waals surface area contributed by atoms with Crippen molar-refractivity contribution in [3.05, 3.63) is 36.5 Å². The fraction of sp³-hybridized carbons (Fsp3) is 0.743. The van der Waals surface area contributed by atoms with E-state index < -0.39 is 31.1 Å². The fourth-order valence-corrected chi connectivity index (χ4v) is 7.13. The number of halogens is 1. The van der Waals surface area contributed by atoms with Crippen molar-refractivity contribution in [2.75, 3.05) is 51.5 Å². The van der Waals surface area contributed by atoms with E-state index in [4.69, 9.17) is 61.5 Å². The highest BCUT2D eigenvalue weighted by Gasteiger charge is 2.37. The Bertz CT molecular complexity index is 1150. The third-order valence-corrected chi connectivity index (χ3v) is 10.0. The number of hydrogen-bond acceptors (Lipinski definition) is 7. The zero-order valence-electron chi connectivity index (χ0n) is 32.7. The Morgan fingerprint density at radius 3 is 1.25 bits per heavy atom. The van der Waals surface area contributed by atoms with Crippen LogP contribution < -0.4 is 11.1 Å². The molecule has 1 amide bonds. The Labute approximate surface area is 356 Å². The highest BCUT2D eigenvalue weighted by Crippen LogP contribution is 2.44. The number of fused-ring (bicyclic) bond motifs is 6. The molecule has 6 N–H and O–H groups in total. The molecule has 3 saturated carbocycles. The fourth-order valence-electron chi connectivity index (χ4n) is 7.13. The second-order valence-electron chi connectivity index (χ2n) is 14.3. The summed E-state index contributed by atoms with van der Waals surface area (Å²) in [6, 6.07) is 0.